The largest absolute Gasteiger partial charge is 0.366 e. The van der Waals surface area contributed by atoms with Crippen molar-refractivity contribution >= 4 is 21.7 Å². The number of hydrogen-bond donors (Lipinski definition) is 1. The van der Waals surface area contributed by atoms with Crippen LogP contribution in [0.15, 0.2) is 17.0 Å². The topological polar surface area (TPSA) is 37.8 Å². The number of nitrogens with zero attached hydrogens (tertiary/aromatic N) is 2. The smallest absolute Gasteiger partial charge is 0.143 e. The van der Waals surface area contributed by atoms with Gasteiger partial charge in [-0.15, -0.1) is 0 Å². The molecule has 1 aromatic rings. The third-order valence-electron chi connectivity index (χ3n) is 3.45. The maximum absolute atomic E-state index is 4.23. The highest BCUT2D eigenvalue weighted by atomic mass is 79.9. The Balaban J connectivity index is 2.07. The second-order valence-electron chi connectivity index (χ2n) is 4.38. The summed E-state index contributed by atoms with van der Waals surface area (Å²) in [7, 11) is 0. The quantitative estimate of drug-likeness (QED) is 0.897. The van der Waals surface area contributed by atoms with Crippen molar-refractivity contribution < 1.29 is 0 Å². The average molecular weight is 270 g/mol. The maximum atomic E-state index is 4.23. The van der Waals surface area contributed by atoms with E-state index in [1.807, 2.05) is 0 Å². The first kappa shape index (κ1) is 10.9. The number of aromatic nitrogens is 2. The van der Waals surface area contributed by atoms with Crippen molar-refractivity contribution in [1.29, 1.82) is 0 Å². The molecule has 1 N–H and O–H groups in total. The van der Waals surface area contributed by atoms with Gasteiger partial charge in [-0.05, 0) is 40.6 Å². The van der Waals surface area contributed by atoms with Crippen LogP contribution in [0.4, 0.5) is 5.82 Å². The van der Waals surface area contributed by atoms with E-state index >= 15 is 0 Å². The second-order valence-corrected chi connectivity index (χ2v) is 5.24. The van der Waals surface area contributed by atoms with Crippen LogP contribution in [-0.2, 0) is 0 Å². The third-order valence-corrected chi connectivity index (χ3v) is 4.04. The number of anilines is 1. The van der Waals surface area contributed by atoms with E-state index in [-0.39, 0.29) is 0 Å². The van der Waals surface area contributed by atoms with Crippen LogP contribution in [0.2, 0.25) is 0 Å². The highest BCUT2D eigenvalue weighted by Crippen LogP contribution is 2.33. The summed E-state index contributed by atoms with van der Waals surface area (Å²) >= 11 is 3.45. The Bertz CT molecular complexity index is 342. The van der Waals surface area contributed by atoms with Crippen LogP contribution >= 0.6 is 15.9 Å². The molecule has 1 aliphatic carbocycles. The van der Waals surface area contributed by atoms with Gasteiger partial charge in [0.2, 0.25) is 0 Å². The van der Waals surface area contributed by atoms with E-state index in [0.717, 1.165) is 16.2 Å². The highest BCUT2D eigenvalue weighted by Gasteiger charge is 2.29. The van der Waals surface area contributed by atoms with Gasteiger partial charge >= 0.3 is 0 Å². The molecule has 0 spiro atoms. The van der Waals surface area contributed by atoms with Gasteiger partial charge in [-0.1, -0.05) is 13.8 Å². The summed E-state index contributed by atoms with van der Waals surface area (Å²) < 4.78 is 0.941. The molecule has 2 rings (SSSR count). The second kappa shape index (κ2) is 4.47. The van der Waals surface area contributed by atoms with Crippen molar-refractivity contribution in [2.75, 3.05) is 5.32 Å². The minimum atomic E-state index is 0.547. The van der Waals surface area contributed by atoms with E-state index in [0.29, 0.717) is 12.0 Å². The van der Waals surface area contributed by atoms with Crippen LogP contribution in [-0.4, -0.2) is 16.0 Å². The molecule has 1 aliphatic rings. The third kappa shape index (κ3) is 2.30. The van der Waals surface area contributed by atoms with Crippen molar-refractivity contribution in [3.8, 4) is 0 Å². The zero-order chi connectivity index (χ0) is 10.8. The Morgan fingerprint density at radius 2 is 2.20 bits per heavy atom. The van der Waals surface area contributed by atoms with Gasteiger partial charge in [-0.2, -0.15) is 0 Å². The SMILES string of the molecule is CC1CCC(Nc2ncncc2Br)C1C. The van der Waals surface area contributed by atoms with E-state index < -0.39 is 0 Å². The zero-order valence-corrected chi connectivity index (χ0v) is 10.7. The first-order valence-electron chi connectivity index (χ1n) is 5.40. The van der Waals surface area contributed by atoms with Gasteiger partial charge in [0.15, 0.2) is 0 Å². The fourth-order valence-electron chi connectivity index (χ4n) is 2.16. The Morgan fingerprint density at radius 3 is 2.80 bits per heavy atom. The van der Waals surface area contributed by atoms with Crippen molar-refractivity contribution in [2.45, 2.75) is 32.7 Å². The van der Waals surface area contributed by atoms with E-state index in [2.05, 4.69) is 45.1 Å². The molecular weight excluding hydrogens is 254 g/mol. The first-order valence-corrected chi connectivity index (χ1v) is 6.20. The predicted molar refractivity (Wildman–Crippen MR) is 64.7 cm³/mol. The minimum Gasteiger partial charge on any atom is -0.366 e. The van der Waals surface area contributed by atoms with Crippen molar-refractivity contribution in [3.05, 3.63) is 17.0 Å². The van der Waals surface area contributed by atoms with E-state index in [4.69, 9.17) is 0 Å². The lowest BCUT2D eigenvalue weighted by Crippen LogP contribution is -2.24. The minimum absolute atomic E-state index is 0.547. The number of halogens is 1. The Kier molecular flexibility index (Phi) is 3.24. The molecular formula is C11H16BrN3. The van der Waals surface area contributed by atoms with Gasteiger partial charge in [0.1, 0.15) is 12.1 Å². The van der Waals surface area contributed by atoms with Gasteiger partial charge in [-0.25, -0.2) is 9.97 Å². The summed E-state index contributed by atoms with van der Waals surface area (Å²) in [5, 5.41) is 3.49. The predicted octanol–water partition coefficient (Wildman–Crippen LogP) is 3.09. The standard InChI is InChI=1S/C11H16BrN3/c1-7-3-4-10(8(7)2)15-11-9(12)5-13-6-14-11/h5-8,10H,3-4H2,1-2H3,(H,13,14,15). The van der Waals surface area contributed by atoms with Gasteiger partial charge in [0.25, 0.3) is 0 Å². The van der Waals surface area contributed by atoms with Gasteiger partial charge < -0.3 is 5.32 Å². The summed E-state index contributed by atoms with van der Waals surface area (Å²) in [6, 6.07) is 0.547. The molecule has 1 aromatic heterocycles. The lowest BCUT2D eigenvalue weighted by Gasteiger charge is -2.20. The molecule has 0 aromatic carbocycles. The van der Waals surface area contributed by atoms with Crippen LogP contribution in [0.5, 0.6) is 0 Å². The zero-order valence-electron chi connectivity index (χ0n) is 9.07. The van der Waals surface area contributed by atoms with Crippen molar-refractivity contribution in [3.63, 3.8) is 0 Å². The van der Waals surface area contributed by atoms with Gasteiger partial charge in [0.05, 0.1) is 4.47 Å². The molecule has 1 saturated carbocycles. The molecule has 3 unspecified atom stereocenters. The summed E-state index contributed by atoms with van der Waals surface area (Å²) in [5.41, 5.74) is 0. The fraction of sp³-hybridized carbons (Fsp3) is 0.636. The monoisotopic (exact) mass is 269 g/mol. The molecule has 0 saturated heterocycles. The van der Waals surface area contributed by atoms with Crippen LogP contribution in [0.25, 0.3) is 0 Å². The van der Waals surface area contributed by atoms with Gasteiger partial charge in [-0.3, -0.25) is 0 Å². The fourth-order valence-corrected chi connectivity index (χ4v) is 2.50. The molecule has 1 heterocycles. The van der Waals surface area contributed by atoms with Crippen molar-refractivity contribution in [1.82, 2.24) is 9.97 Å². The van der Waals surface area contributed by atoms with Gasteiger partial charge in [0, 0.05) is 12.2 Å². The molecule has 0 amide bonds. The lowest BCUT2D eigenvalue weighted by atomic mass is 9.98. The molecule has 0 radical (unpaired) electrons. The normalized spacial score (nSPS) is 30.5. The van der Waals surface area contributed by atoms with Crippen LogP contribution in [0.3, 0.4) is 0 Å². The van der Waals surface area contributed by atoms with Crippen LogP contribution in [0, 0.1) is 11.8 Å². The van der Waals surface area contributed by atoms with Crippen LogP contribution < -0.4 is 5.32 Å². The molecule has 82 valence electrons. The molecule has 0 bridgehead atoms. The summed E-state index contributed by atoms with van der Waals surface area (Å²) in [6.45, 7) is 4.63. The van der Waals surface area contributed by atoms with E-state index in [1.54, 1.807) is 12.5 Å². The van der Waals surface area contributed by atoms with Crippen LogP contribution in [0.1, 0.15) is 26.7 Å². The molecule has 0 aliphatic heterocycles. The summed E-state index contributed by atoms with van der Waals surface area (Å²) in [4.78, 5) is 8.19. The molecule has 3 nitrogen and oxygen atoms in total. The van der Waals surface area contributed by atoms with E-state index in [9.17, 15) is 0 Å². The Labute approximate surface area is 98.8 Å². The van der Waals surface area contributed by atoms with Crippen molar-refractivity contribution in [2.24, 2.45) is 11.8 Å². The Hall–Kier alpha value is -0.640. The number of hydrogen-bond acceptors (Lipinski definition) is 3. The number of nitrogens with one attached hydrogen (secondary N) is 1. The maximum Gasteiger partial charge on any atom is 0.143 e. The average Bonchev–Trinajstić information content (AvgIpc) is 2.53. The highest BCUT2D eigenvalue weighted by molar-refractivity contribution is 9.10. The summed E-state index contributed by atoms with van der Waals surface area (Å²) in [6.07, 6.45) is 5.90. The molecule has 15 heavy (non-hydrogen) atoms. The molecule has 4 heteroatoms. The van der Waals surface area contributed by atoms with E-state index in [1.165, 1.54) is 12.8 Å². The Morgan fingerprint density at radius 1 is 1.40 bits per heavy atom. The molecule has 1 fully saturated rings. The molecule has 3 atom stereocenters. The lowest BCUT2D eigenvalue weighted by molar-refractivity contribution is 0.435. The summed E-state index contributed by atoms with van der Waals surface area (Å²) in [5.74, 6) is 2.44. The number of rotatable bonds is 2. The first-order chi connectivity index (χ1) is 7.18.